The maximum Gasteiger partial charge on any atom is 0.387 e. The van der Waals surface area contributed by atoms with Crippen molar-refractivity contribution in [3.05, 3.63) is 53.1 Å². The largest absolute Gasteiger partial charge is 0.490 e. The summed E-state index contributed by atoms with van der Waals surface area (Å²) >= 11 is 0. The van der Waals surface area contributed by atoms with Crippen LogP contribution in [0.3, 0.4) is 0 Å². The van der Waals surface area contributed by atoms with E-state index in [9.17, 15) is 18.4 Å². The number of carbonyl (C=O) groups excluding carboxylic acids is 2. The molecule has 1 heterocycles. The van der Waals surface area contributed by atoms with Crippen molar-refractivity contribution in [1.82, 2.24) is 9.80 Å². The van der Waals surface area contributed by atoms with Crippen LogP contribution in [-0.2, 0) is 11.3 Å². The minimum atomic E-state index is -3.01. The number of anilines is 1. The van der Waals surface area contributed by atoms with E-state index >= 15 is 0 Å². The molecule has 1 atom stereocenters. The number of halogens is 2. The van der Waals surface area contributed by atoms with E-state index in [1.807, 2.05) is 6.07 Å². The van der Waals surface area contributed by atoms with Crippen molar-refractivity contribution in [2.45, 2.75) is 32.5 Å². The molecule has 0 saturated heterocycles. The van der Waals surface area contributed by atoms with Crippen LogP contribution in [0.2, 0.25) is 0 Å². The topological polar surface area (TPSA) is 85.1 Å². The summed E-state index contributed by atoms with van der Waals surface area (Å²) in [6, 6.07) is 9.07. The van der Waals surface area contributed by atoms with Crippen LogP contribution >= 0.6 is 0 Å². The fourth-order valence-corrected chi connectivity index (χ4v) is 3.61. The van der Waals surface area contributed by atoms with Crippen LogP contribution in [0.25, 0.3) is 0 Å². The molecule has 2 aromatic rings. The molecule has 2 amide bonds. The van der Waals surface area contributed by atoms with Gasteiger partial charge in [0.25, 0.3) is 5.91 Å². The Hall–Kier alpha value is -3.36. The maximum absolute atomic E-state index is 13.2. The minimum absolute atomic E-state index is 0.00719. The number of hydrogen-bond acceptors (Lipinski definition) is 5. The number of nitrogens with two attached hydrogens (primary N) is 1. The highest BCUT2D eigenvalue weighted by Crippen LogP contribution is 2.39. The molecule has 1 unspecified atom stereocenters. The number of ether oxygens (including phenoxy) is 2. The second-order valence-electron chi connectivity index (χ2n) is 7.34. The molecule has 0 aromatic heterocycles. The monoisotopic (exact) mass is 433 g/mol. The zero-order chi connectivity index (χ0) is 22.7. The summed E-state index contributed by atoms with van der Waals surface area (Å²) in [6.45, 7) is -0.775. The van der Waals surface area contributed by atoms with E-state index in [0.29, 0.717) is 16.8 Å². The van der Waals surface area contributed by atoms with E-state index in [1.165, 1.54) is 17.0 Å². The van der Waals surface area contributed by atoms with E-state index in [4.69, 9.17) is 10.5 Å². The quantitative estimate of drug-likeness (QED) is 0.645. The molecule has 9 heteroatoms. The Balaban J connectivity index is 2.02. The SMILES string of the molecule is CCOc1cc(C(CC(=O)N(C)C)N2Cc3cccc(N)c3C2=O)ccc1OC(F)F. The first-order valence-electron chi connectivity index (χ1n) is 9.83. The molecule has 0 fully saturated rings. The zero-order valence-electron chi connectivity index (χ0n) is 17.6. The van der Waals surface area contributed by atoms with Crippen molar-refractivity contribution >= 4 is 17.5 Å². The third kappa shape index (κ3) is 4.70. The average molecular weight is 433 g/mol. The predicted molar refractivity (Wildman–Crippen MR) is 111 cm³/mol. The Morgan fingerprint density at radius 1 is 1.23 bits per heavy atom. The lowest BCUT2D eigenvalue weighted by Crippen LogP contribution is -2.34. The maximum atomic E-state index is 13.2. The Bertz CT molecular complexity index is 981. The van der Waals surface area contributed by atoms with Crippen LogP contribution in [0.15, 0.2) is 36.4 Å². The van der Waals surface area contributed by atoms with Gasteiger partial charge in [0.2, 0.25) is 5.91 Å². The zero-order valence-corrected chi connectivity index (χ0v) is 17.6. The van der Waals surface area contributed by atoms with Gasteiger partial charge in [-0.15, -0.1) is 0 Å². The van der Waals surface area contributed by atoms with E-state index in [0.717, 1.165) is 5.56 Å². The molecule has 0 bridgehead atoms. The van der Waals surface area contributed by atoms with Gasteiger partial charge in [-0.25, -0.2) is 0 Å². The molecule has 0 saturated carbocycles. The second kappa shape index (κ2) is 9.20. The predicted octanol–water partition coefficient (Wildman–Crippen LogP) is 3.44. The summed E-state index contributed by atoms with van der Waals surface area (Å²) in [5.74, 6) is -0.465. The molecule has 1 aliphatic heterocycles. The number of carbonyl (C=O) groups is 2. The van der Waals surface area contributed by atoms with Gasteiger partial charge in [0.1, 0.15) is 0 Å². The van der Waals surface area contributed by atoms with Crippen LogP contribution in [0.4, 0.5) is 14.5 Å². The summed E-state index contributed by atoms with van der Waals surface area (Å²) < 4.78 is 35.5. The molecule has 166 valence electrons. The number of fused-ring (bicyclic) bond motifs is 1. The number of amides is 2. The lowest BCUT2D eigenvalue weighted by atomic mass is 10.0. The van der Waals surface area contributed by atoms with Crippen LogP contribution in [0.5, 0.6) is 11.5 Å². The van der Waals surface area contributed by atoms with Gasteiger partial charge in [0, 0.05) is 26.3 Å². The van der Waals surface area contributed by atoms with Crippen molar-refractivity contribution in [3.63, 3.8) is 0 Å². The first kappa shape index (κ1) is 22.3. The lowest BCUT2D eigenvalue weighted by Gasteiger charge is -2.29. The summed E-state index contributed by atoms with van der Waals surface area (Å²) in [7, 11) is 3.26. The summed E-state index contributed by atoms with van der Waals surface area (Å²) in [5.41, 5.74) is 8.15. The van der Waals surface area contributed by atoms with Crippen molar-refractivity contribution in [1.29, 1.82) is 0 Å². The van der Waals surface area contributed by atoms with Gasteiger partial charge in [-0.3, -0.25) is 9.59 Å². The smallest absolute Gasteiger partial charge is 0.387 e. The number of hydrogen-bond donors (Lipinski definition) is 1. The molecule has 1 aliphatic rings. The highest BCUT2D eigenvalue weighted by molar-refractivity contribution is 6.03. The number of alkyl halides is 2. The normalized spacial score (nSPS) is 13.9. The standard InChI is InChI=1S/C22H25F2N3O4/c1-4-30-18-10-13(8-9-17(18)31-22(23)24)16(11-19(28)26(2)3)27-12-14-6-5-7-15(25)20(14)21(27)29/h5-10,16,22H,4,11-12,25H2,1-3H3. The van der Waals surface area contributed by atoms with E-state index < -0.39 is 12.7 Å². The Morgan fingerprint density at radius 2 is 1.97 bits per heavy atom. The van der Waals surface area contributed by atoms with Gasteiger partial charge in [0.05, 0.1) is 24.6 Å². The fourth-order valence-electron chi connectivity index (χ4n) is 3.61. The van der Waals surface area contributed by atoms with Gasteiger partial charge in [-0.2, -0.15) is 8.78 Å². The van der Waals surface area contributed by atoms with Crippen molar-refractivity contribution in [2.24, 2.45) is 0 Å². The first-order valence-corrected chi connectivity index (χ1v) is 9.83. The van der Waals surface area contributed by atoms with Crippen molar-refractivity contribution in [3.8, 4) is 11.5 Å². The Morgan fingerprint density at radius 3 is 2.58 bits per heavy atom. The van der Waals surface area contributed by atoms with Gasteiger partial charge >= 0.3 is 6.61 Å². The summed E-state index contributed by atoms with van der Waals surface area (Å²) in [5, 5.41) is 0. The van der Waals surface area contributed by atoms with E-state index in [-0.39, 0.29) is 42.9 Å². The molecular weight excluding hydrogens is 408 g/mol. The van der Waals surface area contributed by atoms with Gasteiger partial charge in [0.15, 0.2) is 11.5 Å². The van der Waals surface area contributed by atoms with Crippen molar-refractivity contribution in [2.75, 3.05) is 26.4 Å². The third-order valence-corrected chi connectivity index (χ3v) is 5.11. The molecule has 3 rings (SSSR count). The average Bonchev–Trinajstić information content (AvgIpc) is 3.04. The highest BCUT2D eigenvalue weighted by atomic mass is 19.3. The Kier molecular flexibility index (Phi) is 6.62. The highest BCUT2D eigenvalue weighted by Gasteiger charge is 2.36. The van der Waals surface area contributed by atoms with Gasteiger partial charge in [-0.05, 0) is 36.2 Å². The fraction of sp³-hybridized carbons (Fsp3) is 0.364. The molecule has 0 aliphatic carbocycles. The second-order valence-corrected chi connectivity index (χ2v) is 7.34. The lowest BCUT2D eigenvalue weighted by molar-refractivity contribution is -0.129. The molecule has 7 nitrogen and oxygen atoms in total. The number of nitrogens with zero attached hydrogens (tertiary/aromatic N) is 2. The van der Waals surface area contributed by atoms with E-state index in [2.05, 4.69) is 4.74 Å². The van der Waals surface area contributed by atoms with Crippen LogP contribution < -0.4 is 15.2 Å². The van der Waals surface area contributed by atoms with E-state index in [1.54, 1.807) is 44.1 Å². The van der Waals surface area contributed by atoms with Crippen LogP contribution in [0.1, 0.15) is 40.9 Å². The third-order valence-electron chi connectivity index (χ3n) is 5.11. The Labute approximate surface area is 179 Å². The van der Waals surface area contributed by atoms with Crippen LogP contribution in [0, 0.1) is 0 Å². The van der Waals surface area contributed by atoms with Gasteiger partial charge in [-0.1, -0.05) is 18.2 Å². The van der Waals surface area contributed by atoms with Gasteiger partial charge < -0.3 is 25.0 Å². The summed E-state index contributed by atoms with van der Waals surface area (Å²) in [6.07, 6.45) is 0.00719. The molecule has 31 heavy (non-hydrogen) atoms. The molecular formula is C22H25F2N3O4. The molecule has 2 aromatic carbocycles. The molecule has 0 radical (unpaired) electrons. The number of benzene rings is 2. The molecule has 2 N–H and O–H groups in total. The minimum Gasteiger partial charge on any atom is -0.490 e. The number of rotatable bonds is 8. The van der Waals surface area contributed by atoms with Crippen LogP contribution in [-0.4, -0.2) is 48.9 Å². The number of nitrogen functional groups attached to an aromatic ring is 1. The molecule has 0 spiro atoms. The van der Waals surface area contributed by atoms with Crippen molar-refractivity contribution < 1.29 is 27.8 Å². The first-order chi connectivity index (χ1) is 14.7. The summed E-state index contributed by atoms with van der Waals surface area (Å²) in [4.78, 5) is 28.7.